The molecule has 0 bridgehead atoms. The number of nitriles is 1. The zero-order valence-corrected chi connectivity index (χ0v) is 6.47. The molecule has 1 rings (SSSR count). The van der Waals surface area contributed by atoms with Crippen molar-refractivity contribution in [3.63, 3.8) is 0 Å². The summed E-state index contributed by atoms with van der Waals surface area (Å²) in [4.78, 5) is 1.90. The van der Waals surface area contributed by atoms with Crippen molar-refractivity contribution in [1.82, 2.24) is 0 Å². The third-order valence-corrected chi connectivity index (χ3v) is 5.61. The van der Waals surface area contributed by atoms with Gasteiger partial charge >= 0.3 is 53.2 Å². The van der Waals surface area contributed by atoms with Crippen molar-refractivity contribution in [1.29, 1.82) is 5.26 Å². The second kappa shape index (κ2) is 3.02. The van der Waals surface area contributed by atoms with Gasteiger partial charge < -0.3 is 0 Å². The van der Waals surface area contributed by atoms with E-state index < -0.39 is 13.5 Å². The SMILES string of the molecule is N#CC=[Se]1CCCC1. The van der Waals surface area contributed by atoms with Gasteiger partial charge in [0.1, 0.15) is 0 Å². The zero-order valence-electron chi connectivity index (χ0n) is 4.76. The first-order chi connectivity index (χ1) is 3.93. The average molecular weight is 174 g/mol. The van der Waals surface area contributed by atoms with Gasteiger partial charge in [0.2, 0.25) is 0 Å². The molecule has 1 aliphatic rings. The normalized spacial score (nSPS) is 20.4. The molecular formula is C6H9NSe. The molecule has 1 heterocycles. The summed E-state index contributed by atoms with van der Waals surface area (Å²) in [6, 6.07) is 2.14. The van der Waals surface area contributed by atoms with Gasteiger partial charge in [0, 0.05) is 0 Å². The molecule has 0 unspecified atom stereocenters. The van der Waals surface area contributed by atoms with Crippen LogP contribution in [0, 0.1) is 11.3 Å². The topological polar surface area (TPSA) is 23.8 Å². The summed E-state index contributed by atoms with van der Waals surface area (Å²) in [7, 11) is 0. The Kier molecular flexibility index (Phi) is 2.26. The van der Waals surface area contributed by atoms with E-state index in [1.165, 1.54) is 23.5 Å². The quantitative estimate of drug-likeness (QED) is 0.506. The zero-order chi connectivity index (χ0) is 5.82. The molecule has 0 radical (unpaired) electrons. The number of hydrogen-bond donors (Lipinski definition) is 0. The van der Waals surface area contributed by atoms with E-state index in [1.807, 2.05) is 4.92 Å². The monoisotopic (exact) mass is 175 g/mol. The van der Waals surface area contributed by atoms with Crippen molar-refractivity contribution in [3.05, 3.63) is 0 Å². The minimum absolute atomic E-state index is 0.448. The van der Waals surface area contributed by atoms with E-state index in [2.05, 4.69) is 6.07 Å². The van der Waals surface area contributed by atoms with Crippen LogP contribution in [0.4, 0.5) is 0 Å². The fourth-order valence-corrected chi connectivity index (χ4v) is 4.52. The standard InChI is InChI=1S/C6H9NSe/c7-3-6-8-4-1-2-5-8/h6H,1-2,4-5H2. The first kappa shape index (κ1) is 6.01. The fraction of sp³-hybridized carbons (Fsp3) is 0.667. The van der Waals surface area contributed by atoms with Crippen molar-refractivity contribution in [2.24, 2.45) is 0 Å². The van der Waals surface area contributed by atoms with Gasteiger partial charge in [-0.05, 0) is 0 Å². The molecule has 1 aliphatic heterocycles. The Bertz CT molecular complexity index is 135. The molecule has 44 valence electrons. The predicted molar refractivity (Wildman–Crippen MR) is 36.3 cm³/mol. The van der Waals surface area contributed by atoms with Gasteiger partial charge in [0.15, 0.2) is 0 Å². The molecule has 2 heteroatoms. The molecule has 0 spiro atoms. The molecule has 8 heavy (non-hydrogen) atoms. The molecule has 0 atom stereocenters. The van der Waals surface area contributed by atoms with Crippen molar-refractivity contribution < 1.29 is 0 Å². The summed E-state index contributed by atoms with van der Waals surface area (Å²) in [5.74, 6) is 0. The summed E-state index contributed by atoms with van der Waals surface area (Å²) in [5.41, 5.74) is 0. The number of rotatable bonds is 0. The Hall–Kier alpha value is -0.121. The molecule has 0 aliphatic carbocycles. The maximum absolute atomic E-state index is 8.25. The molecule has 0 N–H and O–H groups in total. The van der Waals surface area contributed by atoms with E-state index in [0.717, 1.165) is 0 Å². The summed E-state index contributed by atoms with van der Waals surface area (Å²) in [5, 5.41) is 11.0. The summed E-state index contributed by atoms with van der Waals surface area (Å²) < 4.78 is 0. The Morgan fingerprint density at radius 3 is 2.50 bits per heavy atom. The molecule has 1 saturated heterocycles. The van der Waals surface area contributed by atoms with Gasteiger partial charge in [-0.1, -0.05) is 0 Å². The van der Waals surface area contributed by atoms with Crippen LogP contribution in [-0.4, -0.2) is 18.4 Å². The first-order valence-electron chi connectivity index (χ1n) is 2.83. The van der Waals surface area contributed by atoms with Crippen LogP contribution in [0.3, 0.4) is 0 Å². The number of nitrogens with zero attached hydrogens (tertiary/aromatic N) is 1. The van der Waals surface area contributed by atoms with Crippen LogP contribution in [-0.2, 0) is 0 Å². The molecule has 0 saturated carbocycles. The minimum atomic E-state index is -0.448. The molecule has 0 amide bonds. The van der Waals surface area contributed by atoms with E-state index >= 15 is 0 Å². The van der Waals surface area contributed by atoms with E-state index in [0.29, 0.717) is 0 Å². The second-order valence-corrected chi connectivity index (χ2v) is 6.36. The summed E-state index contributed by atoms with van der Waals surface area (Å²) >= 11 is -0.448. The Morgan fingerprint density at radius 2 is 2.00 bits per heavy atom. The van der Waals surface area contributed by atoms with Gasteiger partial charge in [-0.15, -0.1) is 0 Å². The van der Waals surface area contributed by atoms with Crippen molar-refractivity contribution in [2.75, 3.05) is 0 Å². The molecule has 1 fully saturated rings. The average Bonchev–Trinajstić information content (AvgIpc) is 2.19. The van der Waals surface area contributed by atoms with Gasteiger partial charge in [-0.25, -0.2) is 0 Å². The van der Waals surface area contributed by atoms with Gasteiger partial charge in [-0.2, -0.15) is 0 Å². The summed E-state index contributed by atoms with van der Waals surface area (Å²) in [6.07, 6.45) is 2.76. The van der Waals surface area contributed by atoms with Crippen LogP contribution < -0.4 is 0 Å². The first-order valence-corrected chi connectivity index (χ1v) is 6.24. The third kappa shape index (κ3) is 1.43. The van der Waals surface area contributed by atoms with Gasteiger partial charge in [-0.3, -0.25) is 0 Å². The van der Waals surface area contributed by atoms with Gasteiger partial charge in [0.25, 0.3) is 0 Å². The summed E-state index contributed by atoms with van der Waals surface area (Å²) in [6.45, 7) is 0. The fourth-order valence-electron chi connectivity index (χ4n) is 0.869. The van der Waals surface area contributed by atoms with Gasteiger partial charge in [0.05, 0.1) is 0 Å². The third-order valence-electron chi connectivity index (χ3n) is 1.28. The Morgan fingerprint density at radius 1 is 1.38 bits per heavy atom. The molecule has 0 aromatic carbocycles. The van der Waals surface area contributed by atoms with Crippen LogP contribution in [0.2, 0.25) is 10.6 Å². The van der Waals surface area contributed by atoms with Crippen molar-refractivity contribution >= 4 is 18.4 Å². The Labute approximate surface area is 53.7 Å². The van der Waals surface area contributed by atoms with Crippen LogP contribution in [0.25, 0.3) is 0 Å². The molecule has 1 nitrogen and oxygen atoms in total. The number of hydrogen-bond acceptors (Lipinski definition) is 1. The van der Waals surface area contributed by atoms with Crippen molar-refractivity contribution in [3.8, 4) is 6.07 Å². The van der Waals surface area contributed by atoms with Crippen LogP contribution >= 0.6 is 0 Å². The maximum atomic E-state index is 8.25. The molecule has 0 aromatic heterocycles. The molecular weight excluding hydrogens is 165 g/mol. The van der Waals surface area contributed by atoms with E-state index in [-0.39, 0.29) is 0 Å². The van der Waals surface area contributed by atoms with Crippen LogP contribution in [0.5, 0.6) is 0 Å². The Balaban J connectivity index is 2.48. The van der Waals surface area contributed by atoms with E-state index in [1.54, 1.807) is 0 Å². The van der Waals surface area contributed by atoms with E-state index in [4.69, 9.17) is 5.26 Å². The second-order valence-electron chi connectivity index (χ2n) is 1.90. The predicted octanol–water partition coefficient (Wildman–Crippen LogP) is 1.18. The van der Waals surface area contributed by atoms with Crippen LogP contribution in [0.1, 0.15) is 12.8 Å². The van der Waals surface area contributed by atoms with Crippen LogP contribution in [0.15, 0.2) is 0 Å². The van der Waals surface area contributed by atoms with E-state index in [9.17, 15) is 0 Å². The van der Waals surface area contributed by atoms with Crippen molar-refractivity contribution in [2.45, 2.75) is 23.5 Å². The molecule has 0 aromatic rings.